The van der Waals surface area contributed by atoms with E-state index in [1.165, 1.54) is 25.0 Å². The lowest BCUT2D eigenvalue weighted by atomic mass is 9.99. The van der Waals surface area contributed by atoms with E-state index in [9.17, 15) is 9.18 Å². The van der Waals surface area contributed by atoms with Crippen molar-refractivity contribution in [3.8, 4) is 11.4 Å². The smallest absolute Gasteiger partial charge is 0.279 e. The zero-order valence-electron chi connectivity index (χ0n) is 20.4. The van der Waals surface area contributed by atoms with Crippen molar-refractivity contribution in [3.05, 3.63) is 83.3 Å². The Hall–Kier alpha value is -3.94. The van der Waals surface area contributed by atoms with Crippen LogP contribution < -0.4 is 4.74 Å². The minimum absolute atomic E-state index is 0.131. The summed E-state index contributed by atoms with van der Waals surface area (Å²) >= 11 is 0. The zero-order valence-corrected chi connectivity index (χ0v) is 20.4. The number of hydrogen-bond donors (Lipinski definition) is 0. The van der Waals surface area contributed by atoms with E-state index in [2.05, 4.69) is 9.88 Å². The molecule has 3 heterocycles. The molecule has 2 fully saturated rings. The Morgan fingerprint density at radius 2 is 1.94 bits per heavy atom. The van der Waals surface area contributed by atoms with Crippen molar-refractivity contribution in [1.82, 2.24) is 19.4 Å². The summed E-state index contributed by atoms with van der Waals surface area (Å²) in [5, 5.41) is 0. The van der Waals surface area contributed by atoms with Crippen LogP contribution in [-0.2, 0) is 4.79 Å². The van der Waals surface area contributed by atoms with Gasteiger partial charge in [-0.05, 0) is 73.6 Å². The summed E-state index contributed by atoms with van der Waals surface area (Å²) in [4.78, 5) is 26.8. The first-order valence-corrected chi connectivity index (χ1v) is 12.3. The van der Waals surface area contributed by atoms with Gasteiger partial charge >= 0.3 is 0 Å². The first-order valence-electron chi connectivity index (χ1n) is 12.3. The number of aromatic nitrogens is 2. The molecule has 1 saturated heterocycles. The highest BCUT2D eigenvalue weighted by molar-refractivity contribution is 6.14. The first kappa shape index (κ1) is 22.5. The number of hydrogen-bond acceptors (Lipinski definition) is 5. The van der Waals surface area contributed by atoms with Crippen LogP contribution in [0.15, 0.2) is 65.7 Å². The molecule has 2 aliphatic heterocycles. The molecule has 3 aliphatic rings. The van der Waals surface area contributed by atoms with Gasteiger partial charge in [-0.3, -0.25) is 9.69 Å². The average Bonchev–Trinajstić information content (AvgIpc) is 3.51. The number of benzene rings is 2. The summed E-state index contributed by atoms with van der Waals surface area (Å²) in [6.45, 7) is 3.67. The van der Waals surface area contributed by atoms with Gasteiger partial charge in [0.05, 0.1) is 30.9 Å². The van der Waals surface area contributed by atoms with Crippen molar-refractivity contribution in [3.63, 3.8) is 0 Å². The Balaban J connectivity index is 1.35. The Morgan fingerprint density at radius 3 is 2.64 bits per heavy atom. The highest BCUT2D eigenvalue weighted by atomic mass is 19.1. The van der Waals surface area contributed by atoms with E-state index >= 15 is 0 Å². The molecule has 0 spiro atoms. The maximum Gasteiger partial charge on any atom is 0.279 e. The lowest BCUT2D eigenvalue weighted by Gasteiger charge is -2.40. The number of methoxy groups -OCH3 is 1. The summed E-state index contributed by atoms with van der Waals surface area (Å²) in [6, 6.07) is 12.1. The maximum absolute atomic E-state index is 13.7. The Bertz CT molecular complexity index is 1370. The Labute approximate surface area is 209 Å². The second-order valence-corrected chi connectivity index (χ2v) is 9.72. The molecule has 1 amide bonds. The van der Waals surface area contributed by atoms with Gasteiger partial charge < -0.3 is 14.2 Å². The first-order chi connectivity index (χ1) is 17.5. The number of carbonyl (C=O) groups excluding carboxylic acids is 1. The molecular formula is C28H28FN5O2. The number of ether oxygens (including phenoxy) is 1. The van der Waals surface area contributed by atoms with Gasteiger partial charge in [-0.25, -0.2) is 14.4 Å². The molecule has 36 heavy (non-hydrogen) atoms. The predicted molar refractivity (Wildman–Crippen MR) is 135 cm³/mol. The number of aliphatic imine (C=N–C) groups is 1. The van der Waals surface area contributed by atoms with Gasteiger partial charge in [0.15, 0.2) is 0 Å². The molecule has 184 valence electrons. The average molecular weight is 486 g/mol. The number of fused-ring (bicyclic) bond motifs is 1. The van der Waals surface area contributed by atoms with E-state index < -0.39 is 0 Å². The number of aryl methyl sites for hydroxylation is 1. The minimum atomic E-state index is -0.282. The van der Waals surface area contributed by atoms with Crippen molar-refractivity contribution < 1.29 is 13.9 Å². The van der Waals surface area contributed by atoms with Gasteiger partial charge in [0.25, 0.3) is 5.91 Å². The van der Waals surface area contributed by atoms with Crippen LogP contribution in [0.3, 0.4) is 0 Å². The summed E-state index contributed by atoms with van der Waals surface area (Å²) in [5.74, 6) is 1.64. The topological polar surface area (TPSA) is 63.0 Å². The van der Waals surface area contributed by atoms with Gasteiger partial charge in [0, 0.05) is 19.3 Å². The van der Waals surface area contributed by atoms with Crippen LogP contribution >= 0.6 is 0 Å². The standard InChI is InChI=1S/C28H28FN5O2/c1-18-15-33(17-30-18)25-10-5-20(14-26(25)36-2)13-23-27(35)34-24(21-6-8-22(29)9-7-21)11-12-32(28(34)31-23)16-19-3-4-19/h5-10,13-15,17,19,24H,3-4,11-12,16H2,1-2H3/b23-13-/t24-/m0/s1. The molecule has 8 heteroatoms. The molecule has 1 aromatic heterocycles. The molecule has 1 aliphatic carbocycles. The largest absolute Gasteiger partial charge is 0.495 e. The van der Waals surface area contributed by atoms with Crippen LogP contribution in [0.2, 0.25) is 0 Å². The normalized spacial score (nSPS) is 20.6. The molecule has 1 saturated carbocycles. The second kappa shape index (κ2) is 8.93. The van der Waals surface area contributed by atoms with Crippen molar-refractivity contribution in [2.24, 2.45) is 10.9 Å². The lowest BCUT2D eigenvalue weighted by molar-refractivity contribution is -0.125. The SMILES string of the molecule is COc1cc(/C=C2\N=C3N(CC4CC4)CC[C@@H](c4ccc(F)cc4)N3C2=O)ccc1-n1cnc(C)c1. The molecule has 1 atom stereocenters. The van der Waals surface area contributed by atoms with Gasteiger partial charge in [-0.15, -0.1) is 0 Å². The number of rotatable bonds is 6. The molecule has 0 unspecified atom stereocenters. The maximum atomic E-state index is 13.7. The van der Waals surface area contributed by atoms with Gasteiger partial charge in [0.2, 0.25) is 5.96 Å². The van der Waals surface area contributed by atoms with Gasteiger partial charge in [0.1, 0.15) is 17.3 Å². The summed E-state index contributed by atoms with van der Waals surface area (Å²) in [7, 11) is 1.63. The Kier molecular flexibility index (Phi) is 5.59. The number of carbonyl (C=O) groups is 1. The van der Waals surface area contributed by atoms with Crippen molar-refractivity contribution >= 4 is 17.9 Å². The minimum Gasteiger partial charge on any atom is -0.495 e. The van der Waals surface area contributed by atoms with Gasteiger partial charge in [-0.2, -0.15) is 0 Å². The fraction of sp³-hybridized carbons (Fsp3) is 0.321. The van der Waals surface area contributed by atoms with Crippen LogP contribution in [0, 0.1) is 18.7 Å². The highest BCUT2D eigenvalue weighted by Crippen LogP contribution is 2.38. The molecule has 3 aromatic rings. The fourth-order valence-corrected chi connectivity index (χ4v) is 5.02. The predicted octanol–water partition coefficient (Wildman–Crippen LogP) is 4.72. The second-order valence-electron chi connectivity index (χ2n) is 9.72. The molecule has 7 nitrogen and oxygen atoms in total. The summed E-state index contributed by atoms with van der Waals surface area (Å²) in [6.07, 6.45) is 8.73. The lowest BCUT2D eigenvalue weighted by Crippen LogP contribution is -2.51. The molecule has 0 bridgehead atoms. The van der Waals surface area contributed by atoms with E-state index in [-0.39, 0.29) is 17.8 Å². The van der Waals surface area contributed by atoms with E-state index in [0.717, 1.165) is 42.0 Å². The number of nitrogens with zero attached hydrogens (tertiary/aromatic N) is 5. The zero-order chi connectivity index (χ0) is 24.8. The third kappa shape index (κ3) is 4.17. The Morgan fingerprint density at radius 1 is 1.14 bits per heavy atom. The fourth-order valence-electron chi connectivity index (χ4n) is 5.02. The summed E-state index contributed by atoms with van der Waals surface area (Å²) < 4.78 is 21.1. The summed E-state index contributed by atoms with van der Waals surface area (Å²) in [5.41, 5.74) is 3.93. The number of guanidine groups is 1. The van der Waals surface area contributed by atoms with Crippen LogP contribution in [0.5, 0.6) is 5.75 Å². The van der Waals surface area contributed by atoms with Crippen LogP contribution in [-0.4, -0.2) is 51.4 Å². The van der Waals surface area contributed by atoms with E-state index in [4.69, 9.17) is 9.73 Å². The van der Waals surface area contributed by atoms with E-state index in [1.807, 2.05) is 42.0 Å². The third-order valence-corrected chi connectivity index (χ3v) is 7.07. The molecular weight excluding hydrogens is 457 g/mol. The van der Waals surface area contributed by atoms with E-state index in [1.54, 1.807) is 30.5 Å². The molecule has 6 rings (SSSR count). The highest BCUT2D eigenvalue weighted by Gasteiger charge is 2.43. The van der Waals surface area contributed by atoms with Crippen LogP contribution in [0.1, 0.15) is 42.1 Å². The molecule has 0 radical (unpaired) electrons. The van der Waals surface area contributed by atoms with Crippen molar-refractivity contribution in [2.75, 3.05) is 20.2 Å². The third-order valence-electron chi connectivity index (χ3n) is 7.07. The monoisotopic (exact) mass is 485 g/mol. The molecule has 0 N–H and O–H groups in total. The number of imidazole rings is 1. The van der Waals surface area contributed by atoms with Gasteiger partial charge in [-0.1, -0.05) is 18.2 Å². The van der Waals surface area contributed by atoms with Crippen LogP contribution in [0.25, 0.3) is 11.8 Å². The van der Waals surface area contributed by atoms with Crippen molar-refractivity contribution in [1.29, 1.82) is 0 Å². The van der Waals surface area contributed by atoms with Crippen molar-refractivity contribution in [2.45, 2.75) is 32.2 Å². The number of halogens is 1. The number of amides is 1. The molecule has 2 aromatic carbocycles. The van der Waals surface area contributed by atoms with Crippen LogP contribution in [0.4, 0.5) is 4.39 Å². The van der Waals surface area contributed by atoms with E-state index in [0.29, 0.717) is 23.3 Å². The quantitative estimate of drug-likeness (QED) is 0.474.